The third-order valence-corrected chi connectivity index (χ3v) is 5.01. The molecule has 0 bridgehead atoms. The Hall–Kier alpha value is -1.22. The maximum atomic E-state index is 5.45. The molecule has 20 heavy (non-hydrogen) atoms. The smallest absolute Gasteiger partial charge is 0.119 e. The van der Waals surface area contributed by atoms with Crippen molar-refractivity contribution in [2.24, 2.45) is 0 Å². The number of anilines is 1. The zero-order valence-corrected chi connectivity index (χ0v) is 13.1. The lowest BCUT2D eigenvalue weighted by Gasteiger charge is -2.50. The SMILES string of the molecule is COc1cc(C)c2c(c1)C(C)(C)CC1(CCNCC1)N2. The molecular weight excluding hydrogens is 248 g/mol. The fraction of sp³-hybridized carbons (Fsp3) is 0.647. The van der Waals surface area contributed by atoms with Gasteiger partial charge in [0.05, 0.1) is 7.11 Å². The summed E-state index contributed by atoms with van der Waals surface area (Å²) in [4.78, 5) is 0. The van der Waals surface area contributed by atoms with E-state index in [4.69, 9.17) is 4.74 Å². The lowest BCUT2D eigenvalue weighted by molar-refractivity contribution is 0.251. The fourth-order valence-corrected chi connectivity index (χ4v) is 4.03. The molecule has 0 atom stereocenters. The molecule has 1 aromatic rings. The zero-order valence-electron chi connectivity index (χ0n) is 13.1. The Morgan fingerprint density at radius 2 is 1.85 bits per heavy atom. The average molecular weight is 274 g/mol. The molecule has 0 saturated carbocycles. The molecule has 2 aliphatic rings. The van der Waals surface area contributed by atoms with Crippen LogP contribution >= 0.6 is 0 Å². The van der Waals surface area contributed by atoms with Crippen molar-refractivity contribution in [3.05, 3.63) is 23.3 Å². The lowest BCUT2D eigenvalue weighted by Crippen LogP contribution is -2.53. The third-order valence-electron chi connectivity index (χ3n) is 5.01. The Balaban J connectivity index is 2.07. The van der Waals surface area contributed by atoms with E-state index in [0.717, 1.165) is 18.8 Å². The monoisotopic (exact) mass is 274 g/mol. The van der Waals surface area contributed by atoms with E-state index in [0.29, 0.717) is 0 Å². The van der Waals surface area contributed by atoms with Crippen molar-refractivity contribution in [2.75, 3.05) is 25.5 Å². The number of methoxy groups -OCH3 is 1. The molecular formula is C17H26N2O. The second-order valence-electron chi connectivity index (χ2n) is 7.08. The molecule has 0 amide bonds. The van der Waals surface area contributed by atoms with Crippen LogP contribution in [0.25, 0.3) is 0 Å². The summed E-state index contributed by atoms with van der Waals surface area (Å²) in [5, 5.41) is 7.37. The Bertz CT molecular complexity index is 516. The van der Waals surface area contributed by atoms with Crippen molar-refractivity contribution in [1.82, 2.24) is 5.32 Å². The summed E-state index contributed by atoms with van der Waals surface area (Å²) < 4.78 is 5.45. The number of nitrogens with one attached hydrogen (secondary N) is 2. The van der Waals surface area contributed by atoms with Crippen LogP contribution in [0, 0.1) is 6.92 Å². The minimum Gasteiger partial charge on any atom is -0.497 e. The van der Waals surface area contributed by atoms with Gasteiger partial charge in [0.1, 0.15) is 5.75 Å². The molecule has 0 aliphatic carbocycles. The van der Waals surface area contributed by atoms with Crippen molar-refractivity contribution in [3.8, 4) is 5.75 Å². The molecule has 1 spiro atoms. The van der Waals surface area contributed by atoms with E-state index >= 15 is 0 Å². The predicted molar refractivity (Wildman–Crippen MR) is 83.8 cm³/mol. The van der Waals surface area contributed by atoms with Crippen LogP contribution < -0.4 is 15.4 Å². The number of benzene rings is 1. The molecule has 110 valence electrons. The van der Waals surface area contributed by atoms with Gasteiger partial charge in [0, 0.05) is 11.2 Å². The van der Waals surface area contributed by atoms with Gasteiger partial charge in [0.15, 0.2) is 0 Å². The van der Waals surface area contributed by atoms with Crippen molar-refractivity contribution in [2.45, 2.75) is 51.0 Å². The first-order chi connectivity index (χ1) is 9.46. The molecule has 2 aliphatic heterocycles. The van der Waals surface area contributed by atoms with Crippen LogP contribution in [0.1, 0.15) is 44.2 Å². The van der Waals surface area contributed by atoms with Crippen LogP contribution in [-0.2, 0) is 5.41 Å². The van der Waals surface area contributed by atoms with Gasteiger partial charge in [-0.05, 0) is 68.0 Å². The maximum absolute atomic E-state index is 5.45. The van der Waals surface area contributed by atoms with Gasteiger partial charge in [-0.3, -0.25) is 0 Å². The van der Waals surface area contributed by atoms with E-state index < -0.39 is 0 Å². The van der Waals surface area contributed by atoms with Gasteiger partial charge >= 0.3 is 0 Å². The molecule has 3 heteroatoms. The van der Waals surface area contributed by atoms with Gasteiger partial charge < -0.3 is 15.4 Å². The fourth-order valence-electron chi connectivity index (χ4n) is 4.03. The number of hydrogen-bond acceptors (Lipinski definition) is 3. The first-order valence-electron chi connectivity index (χ1n) is 7.64. The minimum atomic E-state index is 0.192. The zero-order chi connectivity index (χ0) is 14.4. The van der Waals surface area contributed by atoms with Crippen molar-refractivity contribution in [1.29, 1.82) is 0 Å². The van der Waals surface area contributed by atoms with Crippen LogP contribution in [0.4, 0.5) is 5.69 Å². The number of aryl methyl sites for hydroxylation is 1. The van der Waals surface area contributed by atoms with E-state index in [1.165, 1.54) is 36.1 Å². The molecule has 0 radical (unpaired) electrons. The maximum Gasteiger partial charge on any atom is 0.119 e. The number of fused-ring (bicyclic) bond motifs is 1. The molecule has 1 fully saturated rings. The predicted octanol–water partition coefficient (Wildman–Crippen LogP) is 3.22. The summed E-state index contributed by atoms with van der Waals surface area (Å²) in [5.41, 5.74) is 4.49. The van der Waals surface area contributed by atoms with Gasteiger partial charge in [-0.2, -0.15) is 0 Å². The summed E-state index contributed by atoms with van der Waals surface area (Å²) in [6, 6.07) is 4.35. The summed E-state index contributed by atoms with van der Waals surface area (Å²) in [5.74, 6) is 0.970. The third kappa shape index (κ3) is 2.18. The van der Waals surface area contributed by atoms with Crippen LogP contribution in [0.5, 0.6) is 5.75 Å². The first kappa shape index (κ1) is 13.7. The van der Waals surface area contributed by atoms with E-state index in [1.807, 2.05) is 0 Å². The van der Waals surface area contributed by atoms with Gasteiger partial charge in [-0.15, -0.1) is 0 Å². The Morgan fingerprint density at radius 3 is 2.50 bits per heavy atom. The Kier molecular flexibility index (Phi) is 3.20. The molecule has 0 aromatic heterocycles. The quantitative estimate of drug-likeness (QED) is 0.825. The second-order valence-corrected chi connectivity index (χ2v) is 7.08. The highest BCUT2D eigenvalue weighted by molar-refractivity contribution is 5.66. The van der Waals surface area contributed by atoms with Gasteiger partial charge in [0.2, 0.25) is 0 Å². The van der Waals surface area contributed by atoms with E-state index in [-0.39, 0.29) is 11.0 Å². The molecule has 3 rings (SSSR count). The van der Waals surface area contributed by atoms with Crippen molar-refractivity contribution < 1.29 is 4.74 Å². The van der Waals surface area contributed by atoms with Gasteiger partial charge in [-0.1, -0.05) is 13.8 Å². The molecule has 1 saturated heterocycles. The van der Waals surface area contributed by atoms with Crippen LogP contribution in [0.2, 0.25) is 0 Å². The normalized spacial score (nSPS) is 23.0. The lowest BCUT2D eigenvalue weighted by atomic mass is 9.66. The summed E-state index contributed by atoms with van der Waals surface area (Å²) in [6.45, 7) is 9.16. The minimum absolute atomic E-state index is 0.192. The number of rotatable bonds is 1. The van der Waals surface area contributed by atoms with E-state index in [1.54, 1.807) is 7.11 Å². The Labute approximate surface area is 122 Å². The van der Waals surface area contributed by atoms with Crippen LogP contribution in [0.3, 0.4) is 0 Å². The molecule has 3 nitrogen and oxygen atoms in total. The highest BCUT2D eigenvalue weighted by atomic mass is 16.5. The summed E-state index contributed by atoms with van der Waals surface area (Å²) in [7, 11) is 1.75. The number of hydrogen-bond donors (Lipinski definition) is 2. The Morgan fingerprint density at radius 1 is 1.15 bits per heavy atom. The molecule has 1 aromatic carbocycles. The highest BCUT2D eigenvalue weighted by Crippen LogP contribution is 2.48. The van der Waals surface area contributed by atoms with Gasteiger partial charge in [-0.25, -0.2) is 0 Å². The first-order valence-corrected chi connectivity index (χ1v) is 7.64. The summed E-state index contributed by atoms with van der Waals surface area (Å²) >= 11 is 0. The number of ether oxygens (including phenoxy) is 1. The van der Waals surface area contributed by atoms with Crippen LogP contribution in [0.15, 0.2) is 12.1 Å². The number of piperidine rings is 1. The second kappa shape index (κ2) is 4.66. The van der Waals surface area contributed by atoms with E-state index in [9.17, 15) is 0 Å². The van der Waals surface area contributed by atoms with Gasteiger partial charge in [0.25, 0.3) is 0 Å². The van der Waals surface area contributed by atoms with Crippen molar-refractivity contribution >= 4 is 5.69 Å². The topological polar surface area (TPSA) is 33.3 Å². The largest absolute Gasteiger partial charge is 0.497 e. The van der Waals surface area contributed by atoms with E-state index in [2.05, 4.69) is 43.5 Å². The standard InChI is InChI=1S/C17H26N2O/c1-12-9-13(20-4)10-14-15(12)19-17(11-16(14,2)3)5-7-18-8-6-17/h9-10,18-19H,5-8,11H2,1-4H3. The molecule has 2 N–H and O–H groups in total. The molecule has 0 unspecified atom stereocenters. The highest BCUT2D eigenvalue weighted by Gasteiger charge is 2.43. The molecule has 2 heterocycles. The summed E-state index contributed by atoms with van der Waals surface area (Å²) in [6.07, 6.45) is 3.62. The van der Waals surface area contributed by atoms with Crippen LogP contribution in [-0.4, -0.2) is 25.7 Å². The van der Waals surface area contributed by atoms with Crippen molar-refractivity contribution in [3.63, 3.8) is 0 Å². The average Bonchev–Trinajstić information content (AvgIpc) is 2.40.